The molecule has 3 heterocycles. The lowest BCUT2D eigenvalue weighted by Gasteiger charge is -2.41. The van der Waals surface area contributed by atoms with Crippen molar-refractivity contribution in [3.8, 4) is 0 Å². The number of fused-ring (bicyclic) bond motifs is 2. The molecule has 3 rings (SSSR count). The molecule has 5 nitrogen and oxygen atoms in total. The van der Waals surface area contributed by atoms with Crippen LogP contribution in [0.1, 0.15) is 19.8 Å². The number of amides is 1. The van der Waals surface area contributed by atoms with Gasteiger partial charge in [0, 0.05) is 0 Å². The van der Waals surface area contributed by atoms with Gasteiger partial charge in [0.25, 0.3) is 0 Å². The van der Waals surface area contributed by atoms with Crippen molar-refractivity contribution in [2.24, 2.45) is 5.92 Å². The van der Waals surface area contributed by atoms with Crippen LogP contribution in [0.15, 0.2) is 0 Å². The van der Waals surface area contributed by atoms with Gasteiger partial charge >= 0.3 is 6.09 Å². The van der Waals surface area contributed by atoms with E-state index < -0.39 is 6.10 Å². The van der Waals surface area contributed by atoms with Crippen LogP contribution in [0, 0.1) is 5.92 Å². The van der Waals surface area contributed by atoms with Gasteiger partial charge in [-0.25, -0.2) is 4.79 Å². The van der Waals surface area contributed by atoms with Crippen LogP contribution in [0.3, 0.4) is 0 Å². The summed E-state index contributed by atoms with van der Waals surface area (Å²) in [7, 11) is 0. The summed E-state index contributed by atoms with van der Waals surface area (Å²) in [4.78, 5) is 13.6. The van der Waals surface area contributed by atoms with Crippen molar-refractivity contribution in [1.82, 2.24) is 10.2 Å². The molecule has 5 atom stereocenters. The Morgan fingerprint density at radius 3 is 3.00 bits per heavy atom. The second kappa shape index (κ2) is 3.60. The molecule has 90 valence electrons. The molecule has 3 fully saturated rings. The molecular formula is C11H18N2O3. The highest BCUT2D eigenvalue weighted by atomic mass is 16.6. The Hall–Kier alpha value is -0.810. The number of carbonyl (C=O) groups excluding carboxylic acids is 1. The first-order valence-electron chi connectivity index (χ1n) is 6.09. The van der Waals surface area contributed by atoms with E-state index in [9.17, 15) is 9.90 Å². The zero-order chi connectivity index (χ0) is 11.3. The average molecular weight is 226 g/mol. The molecule has 3 saturated heterocycles. The monoisotopic (exact) mass is 226 g/mol. The van der Waals surface area contributed by atoms with Gasteiger partial charge in [0.05, 0.1) is 30.8 Å². The molecule has 3 aliphatic rings. The molecule has 4 unspecified atom stereocenters. The lowest BCUT2D eigenvalue weighted by atomic mass is 9.88. The van der Waals surface area contributed by atoms with Crippen molar-refractivity contribution in [2.75, 3.05) is 13.2 Å². The number of piperidine rings is 2. The number of nitrogens with one attached hydrogen (secondary N) is 1. The summed E-state index contributed by atoms with van der Waals surface area (Å²) in [6.07, 6.45) is 1.22. The summed E-state index contributed by atoms with van der Waals surface area (Å²) in [5.74, 6) is 0.606. The largest absolute Gasteiger partial charge is 0.450 e. The minimum atomic E-state index is -0.429. The van der Waals surface area contributed by atoms with Crippen LogP contribution >= 0.6 is 0 Å². The van der Waals surface area contributed by atoms with Gasteiger partial charge in [0.2, 0.25) is 0 Å². The maximum Gasteiger partial charge on any atom is 0.410 e. The fraction of sp³-hybridized carbons (Fsp3) is 0.909. The number of aliphatic hydroxyl groups excluding tert-OH is 1. The van der Waals surface area contributed by atoms with Crippen LogP contribution in [0.4, 0.5) is 4.79 Å². The van der Waals surface area contributed by atoms with Crippen LogP contribution in [0.25, 0.3) is 0 Å². The Morgan fingerprint density at radius 2 is 2.25 bits per heavy atom. The number of rotatable bonds is 1. The van der Waals surface area contributed by atoms with E-state index in [1.807, 2.05) is 6.92 Å². The SMILES string of the molecule is CCOC(=O)N1C2CC3CNC2[C@H](O)C1C3. The van der Waals surface area contributed by atoms with Crippen molar-refractivity contribution in [3.05, 3.63) is 0 Å². The van der Waals surface area contributed by atoms with Gasteiger partial charge in [-0.05, 0) is 32.2 Å². The number of ether oxygens (including phenoxy) is 1. The first-order valence-corrected chi connectivity index (χ1v) is 6.09. The summed E-state index contributed by atoms with van der Waals surface area (Å²) in [5.41, 5.74) is 0. The highest BCUT2D eigenvalue weighted by Gasteiger charge is 2.57. The molecule has 0 radical (unpaired) electrons. The molecule has 2 N–H and O–H groups in total. The molecule has 3 aliphatic heterocycles. The summed E-state index contributed by atoms with van der Waals surface area (Å²) < 4.78 is 5.07. The number of hydrogen-bond donors (Lipinski definition) is 2. The molecule has 5 heteroatoms. The fourth-order valence-corrected chi connectivity index (χ4v) is 3.54. The van der Waals surface area contributed by atoms with Crippen molar-refractivity contribution >= 4 is 6.09 Å². The molecule has 0 aromatic rings. The van der Waals surface area contributed by atoms with Crippen LogP contribution in [-0.4, -0.2) is 53.5 Å². The van der Waals surface area contributed by atoms with Gasteiger partial charge < -0.3 is 15.2 Å². The number of hydrogen-bond acceptors (Lipinski definition) is 4. The topological polar surface area (TPSA) is 61.8 Å². The molecule has 16 heavy (non-hydrogen) atoms. The second-order valence-electron chi connectivity index (χ2n) is 5.00. The first-order chi connectivity index (χ1) is 7.72. The van der Waals surface area contributed by atoms with Crippen molar-refractivity contribution in [3.63, 3.8) is 0 Å². The van der Waals surface area contributed by atoms with Gasteiger partial charge in [0.15, 0.2) is 0 Å². The smallest absolute Gasteiger partial charge is 0.410 e. The van der Waals surface area contributed by atoms with Crippen molar-refractivity contribution in [1.29, 1.82) is 0 Å². The molecular weight excluding hydrogens is 208 g/mol. The number of nitrogens with zero attached hydrogens (tertiary/aromatic N) is 1. The van der Waals surface area contributed by atoms with Crippen LogP contribution < -0.4 is 5.32 Å². The van der Waals surface area contributed by atoms with E-state index in [4.69, 9.17) is 4.74 Å². The fourth-order valence-electron chi connectivity index (χ4n) is 3.54. The van der Waals surface area contributed by atoms with E-state index in [1.54, 1.807) is 4.90 Å². The van der Waals surface area contributed by atoms with E-state index in [-0.39, 0.29) is 24.2 Å². The minimum Gasteiger partial charge on any atom is -0.450 e. The standard InChI is InChI=1S/C11H18N2O3/c1-2-16-11(15)13-7-3-6-4-8(13)10(14)9(7)12-5-6/h6-10,12,14H,2-5H2,1H3/t6?,7?,8?,9?,10-/m1/s1. The highest BCUT2D eigenvalue weighted by Crippen LogP contribution is 2.42. The zero-order valence-corrected chi connectivity index (χ0v) is 9.43. The van der Waals surface area contributed by atoms with Crippen LogP contribution in [0.5, 0.6) is 0 Å². The van der Waals surface area contributed by atoms with Crippen LogP contribution in [-0.2, 0) is 4.74 Å². The molecule has 3 bridgehead atoms. The lowest BCUT2D eigenvalue weighted by Crippen LogP contribution is -2.56. The lowest BCUT2D eigenvalue weighted by molar-refractivity contribution is 0.0399. The Balaban J connectivity index is 1.85. The van der Waals surface area contributed by atoms with Gasteiger partial charge in [-0.1, -0.05) is 0 Å². The zero-order valence-electron chi connectivity index (χ0n) is 9.43. The Labute approximate surface area is 94.8 Å². The van der Waals surface area contributed by atoms with E-state index in [1.165, 1.54) is 0 Å². The van der Waals surface area contributed by atoms with Gasteiger partial charge in [-0.2, -0.15) is 0 Å². The van der Waals surface area contributed by atoms with Crippen molar-refractivity contribution in [2.45, 2.75) is 44.0 Å². The second-order valence-corrected chi connectivity index (χ2v) is 5.00. The Bertz CT molecular complexity index is 308. The predicted octanol–water partition coefficient (Wildman–Crippen LogP) is -0.0616. The summed E-state index contributed by atoms with van der Waals surface area (Å²) in [6.45, 7) is 3.18. The molecule has 0 aromatic carbocycles. The minimum absolute atomic E-state index is 0.0391. The third kappa shape index (κ3) is 1.28. The molecule has 0 aromatic heterocycles. The normalized spacial score (nSPS) is 44.9. The van der Waals surface area contributed by atoms with E-state index in [0.29, 0.717) is 12.5 Å². The van der Waals surface area contributed by atoms with E-state index in [2.05, 4.69) is 5.32 Å². The average Bonchev–Trinajstić information content (AvgIpc) is 2.37. The van der Waals surface area contributed by atoms with E-state index >= 15 is 0 Å². The summed E-state index contributed by atoms with van der Waals surface area (Å²) >= 11 is 0. The van der Waals surface area contributed by atoms with Crippen LogP contribution in [0.2, 0.25) is 0 Å². The Morgan fingerprint density at radius 1 is 1.50 bits per heavy atom. The third-order valence-corrected chi connectivity index (χ3v) is 4.16. The maximum absolute atomic E-state index is 11.8. The molecule has 0 saturated carbocycles. The Kier molecular flexibility index (Phi) is 2.33. The third-order valence-electron chi connectivity index (χ3n) is 4.16. The quantitative estimate of drug-likeness (QED) is 0.657. The molecule has 0 spiro atoms. The van der Waals surface area contributed by atoms with Gasteiger partial charge in [-0.15, -0.1) is 0 Å². The van der Waals surface area contributed by atoms with Crippen molar-refractivity contribution < 1.29 is 14.6 Å². The first kappa shape index (κ1) is 10.4. The highest BCUT2D eigenvalue weighted by molar-refractivity contribution is 5.69. The number of carbonyl (C=O) groups is 1. The van der Waals surface area contributed by atoms with Gasteiger partial charge in [-0.3, -0.25) is 4.90 Å². The predicted molar refractivity (Wildman–Crippen MR) is 57.0 cm³/mol. The maximum atomic E-state index is 11.8. The number of aliphatic hydroxyl groups is 1. The van der Waals surface area contributed by atoms with Gasteiger partial charge in [0.1, 0.15) is 0 Å². The summed E-state index contributed by atoms with van der Waals surface area (Å²) in [6, 6.07) is 0.141. The summed E-state index contributed by atoms with van der Waals surface area (Å²) in [5, 5.41) is 13.5. The molecule has 0 aliphatic carbocycles. The molecule has 1 amide bonds. The van der Waals surface area contributed by atoms with E-state index in [0.717, 1.165) is 19.4 Å².